The number of nitrogens with zero attached hydrogens (tertiary/aromatic N) is 4. The first-order valence-electron chi connectivity index (χ1n) is 12.1. The van der Waals surface area contributed by atoms with Crippen molar-refractivity contribution in [1.29, 1.82) is 0 Å². The summed E-state index contributed by atoms with van der Waals surface area (Å²) >= 11 is 5.63. The monoisotopic (exact) mass is 430 g/mol. The van der Waals surface area contributed by atoms with Gasteiger partial charge in [0.1, 0.15) is 11.6 Å². The van der Waals surface area contributed by atoms with Crippen molar-refractivity contribution in [1.82, 2.24) is 15.3 Å². The van der Waals surface area contributed by atoms with E-state index in [0.29, 0.717) is 23.1 Å². The average Bonchev–Trinajstić information content (AvgIpc) is 2.75. The van der Waals surface area contributed by atoms with Crippen LogP contribution in [-0.2, 0) is 0 Å². The van der Waals surface area contributed by atoms with Crippen LogP contribution in [0.25, 0.3) is 0 Å². The molecule has 0 aromatic carbocycles. The summed E-state index contributed by atoms with van der Waals surface area (Å²) < 4.78 is 0. The fraction of sp³-hybridized carbons (Fsp3) is 0.783. The van der Waals surface area contributed by atoms with Crippen molar-refractivity contribution in [3.8, 4) is 0 Å². The highest BCUT2D eigenvalue weighted by Crippen LogP contribution is 2.29. The van der Waals surface area contributed by atoms with Gasteiger partial charge < -0.3 is 20.4 Å². The summed E-state index contributed by atoms with van der Waals surface area (Å²) in [7, 11) is 0. The Balaban J connectivity index is 1.52. The molecule has 1 aromatic heterocycles. The third-order valence-corrected chi connectivity index (χ3v) is 7.29. The van der Waals surface area contributed by atoms with E-state index in [1.807, 2.05) is 0 Å². The van der Waals surface area contributed by atoms with E-state index in [1.165, 1.54) is 64.2 Å². The Morgan fingerprint density at radius 1 is 0.900 bits per heavy atom. The number of anilines is 3. The molecule has 0 amide bonds. The van der Waals surface area contributed by atoms with E-state index >= 15 is 0 Å². The predicted octanol–water partition coefficient (Wildman–Crippen LogP) is 4.71. The number of nitrogens with one attached hydrogen (secondary N) is 2. The molecular weight excluding hydrogens is 392 g/mol. The molecule has 7 heteroatoms. The van der Waals surface area contributed by atoms with Gasteiger partial charge in [-0.1, -0.05) is 26.2 Å². The Labute approximate surface area is 187 Å². The minimum atomic E-state index is 0.479. The second-order valence-corrected chi connectivity index (χ2v) is 9.96. The maximum atomic E-state index is 5.63. The van der Waals surface area contributed by atoms with Gasteiger partial charge in [-0.25, -0.2) is 0 Å². The summed E-state index contributed by atoms with van der Waals surface area (Å²) in [5.74, 6) is 3.50. The summed E-state index contributed by atoms with van der Waals surface area (Å²) in [6.07, 6.45) is 12.5. The van der Waals surface area contributed by atoms with Crippen LogP contribution in [0, 0.1) is 5.92 Å². The Hall–Kier alpha value is -1.63. The van der Waals surface area contributed by atoms with Crippen molar-refractivity contribution in [2.24, 2.45) is 5.92 Å². The topological polar surface area (TPSA) is 56.3 Å². The SMILES string of the molecule is CC1CCN(c2cc(N3CCCC[C@@H]3C)nc(NC(=S)NC3CCCCC3)n2)CC1. The lowest BCUT2D eigenvalue weighted by molar-refractivity contribution is 0.414. The van der Waals surface area contributed by atoms with E-state index in [1.54, 1.807) is 0 Å². The number of hydrogen-bond donors (Lipinski definition) is 2. The summed E-state index contributed by atoms with van der Waals surface area (Å²) in [5.41, 5.74) is 0. The van der Waals surface area contributed by atoms with Crippen LogP contribution in [0.2, 0.25) is 0 Å². The van der Waals surface area contributed by atoms with E-state index in [4.69, 9.17) is 22.2 Å². The Morgan fingerprint density at radius 2 is 1.60 bits per heavy atom. The number of piperidine rings is 2. The first kappa shape index (κ1) is 21.6. The second-order valence-electron chi connectivity index (χ2n) is 9.55. The molecule has 1 aliphatic carbocycles. The van der Waals surface area contributed by atoms with Gasteiger partial charge in [0.2, 0.25) is 5.95 Å². The molecule has 6 nitrogen and oxygen atoms in total. The number of thiocarbonyl (C=S) groups is 1. The predicted molar refractivity (Wildman–Crippen MR) is 130 cm³/mol. The Kier molecular flexibility index (Phi) is 7.28. The third-order valence-electron chi connectivity index (χ3n) is 7.07. The van der Waals surface area contributed by atoms with Gasteiger partial charge in [0.05, 0.1) is 0 Å². The largest absolute Gasteiger partial charge is 0.360 e. The van der Waals surface area contributed by atoms with Gasteiger partial charge >= 0.3 is 0 Å². The standard InChI is InChI=1S/C23H38N6S/c1-17-11-14-28(15-12-17)20-16-21(29-13-7-6-8-18(29)2)26-22(25-20)27-23(30)24-19-9-4-3-5-10-19/h16-19H,3-15H2,1-2H3,(H2,24,25,26,27,30)/t18-/m0/s1. The van der Waals surface area contributed by atoms with Gasteiger partial charge in [0.15, 0.2) is 5.11 Å². The molecule has 1 saturated carbocycles. The molecule has 4 rings (SSSR count). The zero-order valence-corrected chi connectivity index (χ0v) is 19.5. The van der Waals surface area contributed by atoms with Crippen LogP contribution < -0.4 is 20.4 Å². The minimum absolute atomic E-state index is 0.479. The van der Waals surface area contributed by atoms with Gasteiger partial charge in [-0.05, 0) is 70.0 Å². The molecule has 3 aliphatic rings. The number of aromatic nitrogens is 2. The highest BCUT2D eigenvalue weighted by atomic mass is 32.1. The van der Waals surface area contributed by atoms with Crippen molar-refractivity contribution in [3.05, 3.63) is 6.07 Å². The molecule has 0 unspecified atom stereocenters. The van der Waals surface area contributed by atoms with Crippen LogP contribution in [-0.4, -0.2) is 46.8 Å². The van der Waals surface area contributed by atoms with E-state index in [9.17, 15) is 0 Å². The molecule has 0 spiro atoms. The van der Waals surface area contributed by atoms with Crippen molar-refractivity contribution in [3.63, 3.8) is 0 Å². The van der Waals surface area contributed by atoms with Crippen LogP contribution in [0.5, 0.6) is 0 Å². The molecule has 30 heavy (non-hydrogen) atoms. The molecule has 0 radical (unpaired) electrons. The van der Waals surface area contributed by atoms with Gasteiger partial charge in [0, 0.05) is 37.8 Å². The number of hydrogen-bond acceptors (Lipinski definition) is 5. The second kappa shape index (κ2) is 10.1. The van der Waals surface area contributed by atoms with Crippen LogP contribution in [0.4, 0.5) is 17.6 Å². The molecule has 1 atom stereocenters. The van der Waals surface area contributed by atoms with Gasteiger partial charge in [0.25, 0.3) is 0 Å². The summed E-state index contributed by atoms with van der Waals surface area (Å²) in [5, 5.41) is 7.47. The average molecular weight is 431 g/mol. The summed E-state index contributed by atoms with van der Waals surface area (Å²) in [6.45, 7) is 7.86. The smallest absolute Gasteiger partial charge is 0.232 e. The molecule has 1 aromatic rings. The molecule has 0 bridgehead atoms. The summed E-state index contributed by atoms with van der Waals surface area (Å²) in [4.78, 5) is 14.7. The fourth-order valence-electron chi connectivity index (χ4n) is 5.03. The molecule has 2 N–H and O–H groups in total. The molecule has 3 heterocycles. The lowest BCUT2D eigenvalue weighted by atomic mass is 9.96. The first-order valence-corrected chi connectivity index (χ1v) is 12.5. The van der Waals surface area contributed by atoms with Gasteiger partial charge in [-0.2, -0.15) is 9.97 Å². The normalized spacial score (nSPS) is 24.0. The summed E-state index contributed by atoms with van der Waals surface area (Å²) in [6, 6.07) is 3.19. The molecule has 2 saturated heterocycles. The zero-order valence-electron chi connectivity index (χ0n) is 18.7. The Bertz CT molecular complexity index is 712. The van der Waals surface area contributed by atoms with Crippen molar-refractivity contribution < 1.29 is 0 Å². The number of rotatable bonds is 4. The maximum Gasteiger partial charge on any atom is 0.232 e. The molecular formula is C23H38N6S. The van der Waals surface area contributed by atoms with Crippen LogP contribution >= 0.6 is 12.2 Å². The zero-order chi connectivity index (χ0) is 20.9. The van der Waals surface area contributed by atoms with Gasteiger partial charge in [-0.15, -0.1) is 0 Å². The molecule has 166 valence electrons. The third kappa shape index (κ3) is 5.54. The Morgan fingerprint density at radius 3 is 2.33 bits per heavy atom. The highest BCUT2D eigenvalue weighted by molar-refractivity contribution is 7.80. The quantitative estimate of drug-likeness (QED) is 0.671. The minimum Gasteiger partial charge on any atom is -0.360 e. The van der Waals surface area contributed by atoms with Gasteiger partial charge in [-0.3, -0.25) is 0 Å². The maximum absolute atomic E-state index is 5.63. The van der Waals surface area contributed by atoms with Crippen LogP contribution in [0.3, 0.4) is 0 Å². The first-order chi connectivity index (χ1) is 14.6. The van der Waals surface area contributed by atoms with Crippen molar-refractivity contribution in [2.45, 2.75) is 90.1 Å². The van der Waals surface area contributed by atoms with E-state index in [2.05, 4.69) is 40.3 Å². The van der Waals surface area contributed by atoms with Crippen LogP contribution in [0.1, 0.15) is 78.1 Å². The van der Waals surface area contributed by atoms with E-state index in [0.717, 1.165) is 37.2 Å². The van der Waals surface area contributed by atoms with Crippen molar-refractivity contribution in [2.75, 3.05) is 34.8 Å². The van der Waals surface area contributed by atoms with E-state index < -0.39 is 0 Å². The molecule has 2 aliphatic heterocycles. The lowest BCUT2D eigenvalue weighted by Gasteiger charge is -2.36. The van der Waals surface area contributed by atoms with Crippen LogP contribution in [0.15, 0.2) is 6.07 Å². The molecule has 3 fully saturated rings. The highest BCUT2D eigenvalue weighted by Gasteiger charge is 2.24. The lowest BCUT2D eigenvalue weighted by Crippen LogP contribution is -2.40. The fourth-order valence-corrected chi connectivity index (χ4v) is 5.29. The van der Waals surface area contributed by atoms with E-state index in [-0.39, 0.29) is 0 Å². The van der Waals surface area contributed by atoms with Crippen molar-refractivity contribution >= 4 is 34.9 Å².